The minimum Gasteiger partial charge on any atom is -0.456 e. The van der Waals surface area contributed by atoms with E-state index in [4.69, 9.17) is 4.42 Å². The van der Waals surface area contributed by atoms with E-state index in [0.717, 1.165) is 16.6 Å². The van der Waals surface area contributed by atoms with Crippen molar-refractivity contribution in [1.29, 1.82) is 0 Å². The molecule has 0 aliphatic heterocycles. The van der Waals surface area contributed by atoms with Crippen LogP contribution in [0.15, 0.2) is 101 Å². The van der Waals surface area contributed by atoms with E-state index in [9.17, 15) is 0 Å². The summed E-state index contributed by atoms with van der Waals surface area (Å²) < 4.78 is 6.13. The van der Waals surface area contributed by atoms with Gasteiger partial charge in [-0.25, -0.2) is 0 Å². The first-order valence-electron chi connectivity index (χ1n) is 10.2. The van der Waals surface area contributed by atoms with Crippen molar-refractivity contribution < 1.29 is 4.42 Å². The second kappa shape index (κ2) is 5.74. The minimum absolute atomic E-state index is 0.923. The molecule has 0 saturated heterocycles. The van der Waals surface area contributed by atoms with Gasteiger partial charge in [0, 0.05) is 32.6 Å². The fourth-order valence-electron chi connectivity index (χ4n) is 4.92. The van der Waals surface area contributed by atoms with Crippen LogP contribution in [0.1, 0.15) is 0 Å². The van der Waals surface area contributed by atoms with E-state index in [-0.39, 0.29) is 0 Å². The van der Waals surface area contributed by atoms with Crippen LogP contribution in [0.25, 0.3) is 65.6 Å². The Bertz CT molecular complexity index is 1750. The molecule has 7 aromatic rings. The lowest BCUT2D eigenvalue weighted by Crippen LogP contribution is -1.82. The fraction of sp³-hybridized carbons (Fsp3) is 0. The number of aromatic amines is 1. The summed E-state index contributed by atoms with van der Waals surface area (Å²) in [6.07, 6.45) is 0. The average Bonchev–Trinajstić information content (AvgIpc) is 3.37. The highest BCUT2D eigenvalue weighted by Gasteiger charge is 2.16. The summed E-state index contributed by atoms with van der Waals surface area (Å²) in [4.78, 5) is 3.71. The Labute approximate surface area is 172 Å². The van der Waals surface area contributed by atoms with Crippen LogP contribution in [-0.4, -0.2) is 4.98 Å². The number of fused-ring (bicyclic) bond motifs is 8. The molecule has 30 heavy (non-hydrogen) atoms. The predicted molar refractivity (Wildman–Crippen MR) is 126 cm³/mol. The van der Waals surface area contributed by atoms with E-state index in [1.807, 2.05) is 12.1 Å². The van der Waals surface area contributed by atoms with Crippen molar-refractivity contribution in [2.24, 2.45) is 0 Å². The van der Waals surface area contributed by atoms with Crippen molar-refractivity contribution in [2.45, 2.75) is 0 Å². The molecule has 0 fully saturated rings. The number of nitrogens with one attached hydrogen (secondary N) is 1. The molecule has 2 nitrogen and oxygen atoms in total. The summed E-state index contributed by atoms with van der Waals surface area (Å²) >= 11 is 0. The summed E-state index contributed by atoms with van der Waals surface area (Å²) in [6.45, 7) is 0. The molecular weight excluding hydrogens is 366 g/mol. The lowest BCUT2D eigenvalue weighted by molar-refractivity contribution is 0.669. The van der Waals surface area contributed by atoms with Crippen molar-refractivity contribution in [3.05, 3.63) is 97.1 Å². The molecule has 2 heteroatoms. The first kappa shape index (κ1) is 15.8. The van der Waals surface area contributed by atoms with Crippen LogP contribution in [0, 0.1) is 0 Å². The van der Waals surface area contributed by atoms with Crippen LogP contribution in [-0.2, 0) is 0 Å². The maximum Gasteiger partial charge on any atom is 0.136 e. The molecule has 0 atom stereocenters. The topological polar surface area (TPSA) is 28.9 Å². The number of furan rings is 1. The largest absolute Gasteiger partial charge is 0.456 e. The number of para-hydroxylation sites is 2. The van der Waals surface area contributed by atoms with E-state index in [2.05, 4.69) is 89.9 Å². The molecular formula is C28H17NO. The summed E-state index contributed by atoms with van der Waals surface area (Å²) in [5.41, 5.74) is 6.58. The van der Waals surface area contributed by atoms with E-state index >= 15 is 0 Å². The third kappa shape index (κ3) is 2.03. The van der Waals surface area contributed by atoms with E-state index in [0.29, 0.717) is 0 Å². The van der Waals surface area contributed by atoms with Gasteiger partial charge in [-0.15, -0.1) is 0 Å². The van der Waals surface area contributed by atoms with Gasteiger partial charge in [-0.05, 0) is 34.5 Å². The Morgan fingerprint density at radius 1 is 0.500 bits per heavy atom. The second-order valence-corrected chi connectivity index (χ2v) is 7.84. The summed E-state index contributed by atoms with van der Waals surface area (Å²) in [6, 6.07) is 34.2. The normalized spacial score (nSPS) is 12.0. The Balaban J connectivity index is 1.65. The van der Waals surface area contributed by atoms with Crippen LogP contribution in [0.4, 0.5) is 0 Å². The Morgan fingerprint density at radius 3 is 2.20 bits per heavy atom. The molecule has 1 N–H and O–H groups in total. The number of hydrogen-bond acceptors (Lipinski definition) is 1. The Kier molecular flexibility index (Phi) is 3.03. The molecule has 7 rings (SSSR count). The van der Waals surface area contributed by atoms with Gasteiger partial charge in [0.05, 0.1) is 5.52 Å². The first-order chi connectivity index (χ1) is 14.9. The van der Waals surface area contributed by atoms with Crippen molar-refractivity contribution in [1.82, 2.24) is 4.98 Å². The van der Waals surface area contributed by atoms with Crippen molar-refractivity contribution in [3.63, 3.8) is 0 Å². The highest BCUT2D eigenvalue weighted by Crippen LogP contribution is 2.41. The molecule has 0 aliphatic rings. The monoisotopic (exact) mass is 383 g/mol. The van der Waals surface area contributed by atoms with Crippen LogP contribution in [0.2, 0.25) is 0 Å². The highest BCUT2D eigenvalue weighted by molar-refractivity contribution is 6.23. The number of aromatic nitrogens is 1. The maximum atomic E-state index is 6.13. The molecule has 0 spiro atoms. The van der Waals surface area contributed by atoms with Crippen LogP contribution < -0.4 is 0 Å². The number of benzene rings is 5. The molecule has 0 bridgehead atoms. The van der Waals surface area contributed by atoms with Gasteiger partial charge in [-0.2, -0.15) is 0 Å². The van der Waals surface area contributed by atoms with Gasteiger partial charge >= 0.3 is 0 Å². The van der Waals surface area contributed by atoms with Crippen molar-refractivity contribution in [2.75, 3.05) is 0 Å². The summed E-state index contributed by atoms with van der Waals surface area (Å²) in [7, 11) is 0. The predicted octanol–water partition coefficient (Wildman–Crippen LogP) is 8.04. The molecule has 0 amide bonds. The highest BCUT2D eigenvalue weighted by atomic mass is 16.3. The molecule has 0 radical (unpaired) electrons. The smallest absolute Gasteiger partial charge is 0.136 e. The van der Waals surface area contributed by atoms with E-state index in [1.165, 1.54) is 49.1 Å². The molecule has 0 aliphatic carbocycles. The average molecular weight is 383 g/mol. The van der Waals surface area contributed by atoms with Crippen LogP contribution in [0.3, 0.4) is 0 Å². The fourth-order valence-corrected chi connectivity index (χ4v) is 4.92. The first-order valence-corrected chi connectivity index (χ1v) is 10.2. The van der Waals surface area contributed by atoms with Gasteiger partial charge < -0.3 is 9.40 Å². The van der Waals surface area contributed by atoms with E-state index in [1.54, 1.807) is 0 Å². The van der Waals surface area contributed by atoms with E-state index < -0.39 is 0 Å². The van der Waals surface area contributed by atoms with Crippen LogP contribution >= 0.6 is 0 Å². The van der Waals surface area contributed by atoms with Gasteiger partial charge in [0.15, 0.2) is 0 Å². The van der Waals surface area contributed by atoms with Crippen molar-refractivity contribution >= 4 is 54.5 Å². The van der Waals surface area contributed by atoms with Crippen LogP contribution in [0.5, 0.6) is 0 Å². The Morgan fingerprint density at radius 2 is 1.23 bits per heavy atom. The molecule has 0 saturated carbocycles. The quantitative estimate of drug-likeness (QED) is 0.305. The molecule has 5 aromatic carbocycles. The summed E-state index contributed by atoms with van der Waals surface area (Å²) in [5, 5.41) is 7.41. The zero-order valence-electron chi connectivity index (χ0n) is 16.1. The third-order valence-electron chi connectivity index (χ3n) is 6.22. The SMILES string of the molecule is c1ccc2c(c1)ccc1[nH]c3c(-c4cccc5oc6ccccc6c45)cccc3c12. The lowest BCUT2D eigenvalue weighted by Gasteiger charge is -2.06. The zero-order chi connectivity index (χ0) is 19.7. The van der Waals surface area contributed by atoms with Gasteiger partial charge in [0.1, 0.15) is 11.2 Å². The lowest BCUT2D eigenvalue weighted by atomic mass is 9.96. The number of hydrogen-bond donors (Lipinski definition) is 1. The van der Waals surface area contributed by atoms with Gasteiger partial charge in [-0.1, -0.05) is 78.9 Å². The zero-order valence-corrected chi connectivity index (χ0v) is 16.1. The van der Waals surface area contributed by atoms with Gasteiger partial charge in [-0.3, -0.25) is 0 Å². The standard InChI is InChI=1S/C28H17NO/c1-2-8-18-17(7-1)15-16-23-26(18)22-12-5-11-20(28(22)29-23)19-10-6-14-25-27(19)21-9-3-4-13-24(21)30-25/h1-16,29H. The third-order valence-corrected chi connectivity index (χ3v) is 6.22. The van der Waals surface area contributed by atoms with Crippen molar-refractivity contribution in [3.8, 4) is 11.1 Å². The number of rotatable bonds is 1. The number of H-pyrrole nitrogens is 1. The Hall–Kier alpha value is -4.04. The van der Waals surface area contributed by atoms with Gasteiger partial charge in [0.2, 0.25) is 0 Å². The molecule has 140 valence electrons. The summed E-state index contributed by atoms with van der Waals surface area (Å²) in [5.74, 6) is 0. The molecule has 2 aromatic heterocycles. The second-order valence-electron chi connectivity index (χ2n) is 7.84. The maximum absolute atomic E-state index is 6.13. The minimum atomic E-state index is 0.923. The van der Waals surface area contributed by atoms with Gasteiger partial charge in [0.25, 0.3) is 0 Å². The molecule has 0 unspecified atom stereocenters. The molecule has 2 heterocycles.